The molecule has 0 saturated heterocycles. The summed E-state index contributed by atoms with van der Waals surface area (Å²) in [6.07, 6.45) is 0.922. The zero-order valence-electron chi connectivity index (χ0n) is 10.4. The molecule has 2 rings (SSSR count). The lowest BCUT2D eigenvalue weighted by Crippen LogP contribution is -2.23. The number of carbonyl (C=O) groups is 1. The number of aromatic nitrogens is 2. The predicted molar refractivity (Wildman–Crippen MR) is 67.1 cm³/mol. The van der Waals surface area contributed by atoms with Crippen LogP contribution in [0.25, 0.3) is 11.5 Å². The van der Waals surface area contributed by atoms with Crippen LogP contribution in [-0.4, -0.2) is 22.6 Å². The van der Waals surface area contributed by atoms with Gasteiger partial charge < -0.3 is 9.73 Å². The largest absolute Gasteiger partial charge is 0.421 e. The van der Waals surface area contributed by atoms with Crippen molar-refractivity contribution in [2.24, 2.45) is 0 Å². The van der Waals surface area contributed by atoms with Crippen LogP contribution < -0.4 is 5.32 Å². The molecule has 1 heterocycles. The highest BCUT2D eigenvalue weighted by Crippen LogP contribution is 2.17. The molecule has 0 unspecified atom stereocenters. The summed E-state index contributed by atoms with van der Waals surface area (Å²) in [5.41, 5.74) is 1.44. The molecule has 5 nitrogen and oxygen atoms in total. The lowest BCUT2D eigenvalue weighted by molar-refractivity contribution is 0.0953. The van der Waals surface area contributed by atoms with Gasteiger partial charge in [0.05, 0.1) is 0 Å². The van der Waals surface area contributed by atoms with E-state index in [1.165, 1.54) is 0 Å². The number of hydrogen-bond donors (Lipinski definition) is 1. The fourth-order valence-electron chi connectivity index (χ4n) is 1.52. The van der Waals surface area contributed by atoms with Crippen molar-refractivity contribution in [1.82, 2.24) is 15.5 Å². The molecule has 0 aliphatic carbocycles. The average molecular weight is 245 g/mol. The van der Waals surface area contributed by atoms with Crippen LogP contribution in [0.5, 0.6) is 0 Å². The fourth-order valence-corrected chi connectivity index (χ4v) is 1.52. The van der Waals surface area contributed by atoms with E-state index in [0.717, 1.165) is 12.0 Å². The van der Waals surface area contributed by atoms with E-state index in [-0.39, 0.29) is 5.91 Å². The van der Waals surface area contributed by atoms with Gasteiger partial charge in [-0.1, -0.05) is 6.92 Å². The highest BCUT2D eigenvalue weighted by atomic mass is 16.4. The molecule has 0 saturated carbocycles. The van der Waals surface area contributed by atoms with Gasteiger partial charge in [0.15, 0.2) is 0 Å². The van der Waals surface area contributed by atoms with Crippen molar-refractivity contribution in [1.29, 1.82) is 0 Å². The SMILES string of the molecule is CCCNC(=O)c1ccc(-c2nnc(C)o2)cc1. The van der Waals surface area contributed by atoms with Crippen LogP contribution in [0.4, 0.5) is 0 Å². The first kappa shape index (κ1) is 12.3. The Morgan fingerprint density at radius 3 is 2.56 bits per heavy atom. The summed E-state index contributed by atoms with van der Waals surface area (Å²) in [4.78, 5) is 11.7. The molecule has 1 aromatic carbocycles. The molecule has 5 heteroatoms. The zero-order valence-corrected chi connectivity index (χ0v) is 10.4. The second kappa shape index (κ2) is 5.44. The molecule has 0 aliphatic rings. The molecule has 0 bridgehead atoms. The molecule has 1 N–H and O–H groups in total. The fraction of sp³-hybridized carbons (Fsp3) is 0.308. The van der Waals surface area contributed by atoms with Gasteiger partial charge in [0.25, 0.3) is 5.91 Å². The van der Waals surface area contributed by atoms with Gasteiger partial charge >= 0.3 is 0 Å². The van der Waals surface area contributed by atoms with E-state index in [9.17, 15) is 4.79 Å². The lowest BCUT2D eigenvalue weighted by atomic mass is 10.1. The standard InChI is InChI=1S/C13H15N3O2/c1-3-8-14-12(17)10-4-6-11(7-5-10)13-16-15-9(2)18-13/h4-7H,3,8H2,1-2H3,(H,14,17). The van der Waals surface area contributed by atoms with Gasteiger partial charge in [-0.3, -0.25) is 4.79 Å². The molecule has 94 valence electrons. The molecular formula is C13H15N3O2. The first-order valence-electron chi connectivity index (χ1n) is 5.89. The number of nitrogens with one attached hydrogen (secondary N) is 1. The van der Waals surface area contributed by atoms with Crippen molar-refractivity contribution < 1.29 is 9.21 Å². The van der Waals surface area contributed by atoms with Crippen LogP contribution in [0.15, 0.2) is 28.7 Å². The van der Waals surface area contributed by atoms with Crippen LogP contribution in [0.3, 0.4) is 0 Å². The predicted octanol–water partition coefficient (Wildman–Crippen LogP) is 2.18. The highest BCUT2D eigenvalue weighted by Gasteiger charge is 2.08. The second-order valence-electron chi connectivity index (χ2n) is 3.96. The normalized spacial score (nSPS) is 10.3. The Hall–Kier alpha value is -2.17. The maximum absolute atomic E-state index is 11.7. The van der Waals surface area contributed by atoms with Crippen molar-refractivity contribution >= 4 is 5.91 Å². The lowest BCUT2D eigenvalue weighted by Gasteiger charge is -2.03. The number of aryl methyl sites for hydroxylation is 1. The van der Waals surface area contributed by atoms with E-state index in [1.54, 1.807) is 31.2 Å². The Balaban J connectivity index is 2.12. The van der Waals surface area contributed by atoms with Crippen LogP contribution in [0.2, 0.25) is 0 Å². The molecule has 1 amide bonds. The quantitative estimate of drug-likeness (QED) is 0.896. The third-order valence-electron chi connectivity index (χ3n) is 2.46. The maximum atomic E-state index is 11.7. The van der Waals surface area contributed by atoms with Crippen molar-refractivity contribution in [3.05, 3.63) is 35.7 Å². The minimum Gasteiger partial charge on any atom is -0.421 e. The Kier molecular flexibility index (Phi) is 3.72. The summed E-state index contributed by atoms with van der Waals surface area (Å²) in [6.45, 7) is 4.44. The van der Waals surface area contributed by atoms with Gasteiger partial charge in [0.2, 0.25) is 11.8 Å². The average Bonchev–Trinajstić information content (AvgIpc) is 2.83. The van der Waals surface area contributed by atoms with E-state index in [2.05, 4.69) is 15.5 Å². The van der Waals surface area contributed by atoms with Crippen molar-refractivity contribution in [2.75, 3.05) is 6.54 Å². The summed E-state index contributed by atoms with van der Waals surface area (Å²) < 4.78 is 5.31. The first-order valence-corrected chi connectivity index (χ1v) is 5.89. The number of carbonyl (C=O) groups excluding carboxylic acids is 1. The number of rotatable bonds is 4. The summed E-state index contributed by atoms with van der Waals surface area (Å²) in [5.74, 6) is 0.924. The first-order chi connectivity index (χ1) is 8.70. The Bertz CT molecular complexity index is 531. The van der Waals surface area contributed by atoms with E-state index >= 15 is 0 Å². The number of benzene rings is 1. The third-order valence-corrected chi connectivity index (χ3v) is 2.46. The number of nitrogens with zero attached hydrogens (tertiary/aromatic N) is 2. The molecule has 0 aliphatic heterocycles. The Morgan fingerprint density at radius 2 is 2.00 bits per heavy atom. The van der Waals surface area contributed by atoms with Crippen molar-refractivity contribution in [3.63, 3.8) is 0 Å². The minimum absolute atomic E-state index is 0.0647. The summed E-state index contributed by atoms with van der Waals surface area (Å²) in [6, 6.07) is 7.10. The highest BCUT2D eigenvalue weighted by molar-refractivity contribution is 5.94. The molecule has 18 heavy (non-hydrogen) atoms. The topological polar surface area (TPSA) is 68.0 Å². The summed E-state index contributed by atoms with van der Waals surface area (Å²) in [5, 5.41) is 10.5. The van der Waals surface area contributed by atoms with E-state index in [4.69, 9.17) is 4.42 Å². The van der Waals surface area contributed by atoms with Crippen molar-refractivity contribution in [3.8, 4) is 11.5 Å². The monoisotopic (exact) mass is 245 g/mol. The third kappa shape index (κ3) is 2.74. The van der Waals surface area contributed by atoms with Crippen LogP contribution in [0.1, 0.15) is 29.6 Å². The van der Waals surface area contributed by atoms with Gasteiger partial charge in [-0.25, -0.2) is 0 Å². The smallest absolute Gasteiger partial charge is 0.251 e. The molecule has 0 atom stereocenters. The van der Waals surface area contributed by atoms with Crippen LogP contribution in [-0.2, 0) is 0 Å². The van der Waals surface area contributed by atoms with Gasteiger partial charge in [-0.05, 0) is 30.7 Å². The summed E-state index contributed by atoms with van der Waals surface area (Å²) in [7, 11) is 0. The molecule has 0 spiro atoms. The van der Waals surface area contributed by atoms with Gasteiger partial charge in [0, 0.05) is 24.6 Å². The van der Waals surface area contributed by atoms with E-state index in [0.29, 0.717) is 23.9 Å². The minimum atomic E-state index is -0.0647. The molecular weight excluding hydrogens is 230 g/mol. The molecule has 2 aromatic rings. The van der Waals surface area contributed by atoms with Gasteiger partial charge in [-0.15, -0.1) is 10.2 Å². The second-order valence-corrected chi connectivity index (χ2v) is 3.96. The summed E-state index contributed by atoms with van der Waals surface area (Å²) >= 11 is 0. The Labute approximate surface area is 105 Å². The molecule has 0 radical (unpaired) electrons. The number of amides is 1. The van der Waals surface area contributed by atoms with Gasteiger partial charge in [0.1, 0.15) is 0 Å². The molecule has 0 fully saturated rings. The zero-order chi connectivity index (χ0) is 13.0. The van der Waals surface area contributed by atoms with E-state index < -0.39 is 0 Å². The van der Waals surface area contributed by atoms with Crippen LogP contribution >= 0.6 is 0 Å². The Morgan fingerprint density at radius 1 is 1.28 bits per heavy atom. The maximum Gasteiger partial charge on any atom is 0.251 e. The molecule has 1 aromatic heterocycles. The van der Waals surface area contributed by atoms with Crippen molar-refractivity contribution in [2.45, 2.75) is 20.3 Å². The van der Waals surface area contributed by atoms with Crippen LogP contribution in [0, 0.1) is 6.92 Å². The van der Waals surface area contributed by atoms with E-state index in [1.807, 2.05) is 6.92 Å². The number of hydrogen-bond acceptors (Lipinski definition) is 4. The van der Waals surface area contributed by atoms with Gasteiger partial charge in [-0.2, -0.15) is 0 Å².